The summed E-state index contributed by atoms with van der Waals surface area (Å²) in [5, 5.41) is 6.90. The Morgan fingerprint density at radius 1 is 1.55 bits per heavy atom. The molecule has 1 aliphatic heterocycles. The average Bonchev–Trinajstić information content (AvgIpc) is 2.38. The molecule has 2 N–H and O–H groups in total. The van der Waals surface area contributed by atoms with E-state index in [9.17, 15) is 0 Å². The van der Waals surface area contributed by atoms with Crippen LogP contribution in [0.4, 0.5) is 11.8 Å². The van der Waals surface area contributed by atoms with Crippen molar-refractivity contribution in [1.29, 1.82) is 0 Å². The molecule has 0 amide bonds. The molecule has 1 fully saturated rings. The Hall–Kier alpha value is -1.14. The predicted octanol–water partition coefficient (Wildman–Crippen LogP) is 2.67. The van der Waals surface area contributed by atoms with Crippen LogP contribution in [-0.4, -0.2) is 34.7 Å². The zero-order chi connectivity index (χ0) is 14.5. The Bertz CT molecular complexity index is 482. The van der Waals surface area contributed by atoms with E-state index < -0.39 is 0 Å². The number of aromatic nitrogens is 2. The number of nitrogens with zero attached hydrogens (tertiary/aromatic N) is 3. The lowest BCUT2D eigenvalue weighted by atomic mass is 10.0. The minimum Gasteiger partial charge on any atom is -0.363 e. The van der Waals surface area contributed by atoms with Crippen molar-refractivity contribution in [3.63, 3.8) is 0 Å². The fourth-order valence-corrected chi connectivity index (χ4v) is 2.74. The number of halogens is 1. The van der Waals surface area contributed by atoms with E-state index in [-0.39, 0.29) is 0 Å². The van der Waals surface area contributed by atoms with E-state index in [1.807, 2.05) is 6.92 Å². The van der Waals surface area contributed by atoms with Gasteiger partial charge in [0.25, 0.3) is 0 Å². The van der Waals surface area contributed by atoms with E-state index >= 15 is 0 Å². The Morgan fingerprint density at radius 2 is 2.35 bits per heavy atom. The molecule has 2 heterocycles. The first kappa shape index (κ1) is 15.3. The van der Waals surface area contributed by atoms with Gasteiger partial charge in [-0.25, -0.2) is 4.98 Å². The molecule has 1 aromatic heterocycles. The summed E-state index contributed by atoms with van der Waals surface area (Å²) >= 11 is 11.2. The van der Waals surface area contributed by atoms with Crippen LogP contribution in [0, 0.1) is 5.92 Å². The van der Waals surface area contributed by atoms with Crippen LogP contribution in [0.15, 0.2) is 6.07 Å². The summed E-state index contributed by atoms with van der Waals surface area (Å²) in [4.78, 5) is 10.9. The molecular formula is C13H20ClN5S. The first-order chi connectivity index (χ1) is 9.58. The fourth-order valence-electron chi connectivity index (χ4n) is 2.33. The summed E-state index contributed by atoms with van der Waals surface area (Å²) < 4.78 is 0. The van der Waals surface area contributed by atoms with Crippen molar-refractivity contribution < 1.29 is 0 Å². The zero-order valence-corrected chi connectivity index (χ0v) is 13.4. The molecule has 1 aliphatic rings. The molecule has 20 heavy (non-hydrogen) atoms. The second-order valence-electron chi connectivity index (χ2n) is 5.05. The van der Waals surface area contributed by atoms with Crippen LogP contribution in [0.25, 0.3) is 0 Å². The van der Waals surface area contributed by atoms with Gasteiger partial charge in [-0.15, -0.1) is 0 Å². The largest absolute Gasteiger partial charge is 0.363 e. The summed E-state index contributed by atoms with van der Waals surface area (Å²) in [5.74, 6) is 1.98. The molecule has 0 aromatic carbocycles. The van der Waals surface area contributed by atoms with Crippen LogP contribution in [0.3, 0.4) is 0 Å². The van der Waals surface area contributed by atoms with Crippen LogP contribution in [-0.2, 0) is 0 Å². The first-order valence-electron chi connectivity index (χ1n) is 6.93. The Kier molecular flexibility index (Phi) is 5.37. The lowest BCUT2D eigenvalue weighted by molar-refractivity contribution is 0.444. The molecule has 1 saturated heterocycles. The van der Waals surface area contributed by atoms with Crippen molar-refractivity contribution >= 4 is 40.7 Å². The van der Waals surface area contributed by atoms with Gasteiger partial charge in [0.15, 0.2) is 5.11 Å². The third kappa shape index (κ3) is 4.18. The monoisotopic (exact) mass is 313 g/mol. The molecule has 1 aromatic rings. The highest BCUT2D eigenvalue weighted by Crippen LogP contribution is 2.24. The highest BCUT2D eigenvalue weighted by Gasteiger charge is 2.18. The van der Waals surface area contributed by atoms with E-state index in [0.29, 0.717) is 22.1 Å². The van der Waals surface area contributed by atoms with E-state index in [0.717, 1.165) is 25.5 Å². The second-order valence-corrected chi connectivity index (χ2v) is 5.85. The van der Waals surface area contributed by atoms with Gasteiger partial charge in [-0.3, -0.25) is 0 Å². The van der Waals surface area contributed by atoms with Crippen molar-refractivity contribution in [3.8, 4) is 0 Å². The topological polar surface area (TPSA) is 53.1 Å². The maximum absolute atomic E-state index is 6.08. The summed E-state index contributed by atoms with van der Waals surface area (Å²) in [5.41, 5.74) is 0. The van der Waals surface area contributed by atoms with Gasteiger partial charge in [-0.05, 0) is 37.9 Å². The molecule has 0 aliphatic carbocycles. The van der Waals surface area contributed by atoms with Gasteiger partial charge in [0.1, 0.15) is 11.0 Å². The number of thiocarbonyl (C=S) groups is 1. The highest BCUT2D eigenvalue weighted by atomic mass is 35.5. The van der Waals surface area contributed by atoms with Crippen molar-refractivity contribution in [2.24, 2.45) is 5.92 Å². The van der Waals surface area contributed by atoms with Gasteiger partial charge in [0.05, 0.1) is 0 Å². The molecule has 0 saturated carbocycles. The quantitative estimate of drug-likeness (QED) is 0.661. The predicted molar refractivity (Wildman–Crippen MR) is 87.6 cm³/mol. The van der Waals surface area contributed by atoms with Crippen molar-refractivity contribution in [1.82, 2.24) is 15.3 Å². The Morgan fingerprint density at radius 3 is 3.05 bits per heavy atom. The molecule has 0 spiro atoms. The number of piperidine rings is 1. The van der Waals surface area contributed by atoms with E-state index in [1.54, 1.807) is 6.07 Å². The summed E-state index contributed by atoms with van der Waals surface area (Å²) in [6.07, 6.45) is 2.45. The van der Waals surface area contributed by atoms with E-state index in [1.165, 1.54) is 12.8 Å². The number of rotatable bonds is 3. The third-order valence-corrected chi connectivity index (χ3v) is 3.67. The van der Waals surface area contributed by atoms with Crippen molar-refractivity contribution in [3.05, 3.63) is 11.2 Å². The van der Waals surface area contributed by atoms with Crippen LogP contribution in [0.1, 0.15) is 26.7 Å². The maximum atomic E-state index is 6.08. The lowest BCUT2D eigenvalue weighted by Crippen LogP contribution is -2.35. The fraction of sp³-hybridized carbons (Fsp3) is 0.615. The standard InChI is InChI=1S/C13H20ClN5S/c1-3-15-13(20)18-12-16-10(14)7-11(17-12)19-6-4-5-9(2)8-19/h7,9H,3-6,8H2,1-2H3,(H2,15,16,17,18,20)/t9-/m0/s1. The minimum atomic E-state index is 0.426. The second kappa shape index (κ2) is 7.04. The van der Waals surface area contributed by atoms with Crippen LogP contribution < -0.4 is 15.5 Å². The smallest absolute Gasteiger partial charge is 0.232 e. The Balaban J connectivity index is 2.13. The molecule has 7 heteroatoms. The maximum Gasteiger partial charge on any atom is 0.232 e. The van der Waals surface area contributed by atoms with Crippen LogP contribution >= 0.6 is 23.8 Å². The summed E-state index contributed by atoms with van der Waals surface area (Å²) in [6.45, 7) is 7.00. The molecule has 1 atom stereocenters. The van der Waals surface area contributed by atoms with Gasteiger partial charge >= 0.3 is 0 Å². The van der Waals surface area contributed by atoms with Gasteiger partial charge in [0, 0.05) is 25.7 Å². The van der Waals surface area contributed by atoms with Crippen LogP contribution in [0.2, 0.25) is 5.15 Å². The molecule has 0 radical (unpaired) electrons. The zero-order valence-electron chi connectivity index (χ0n) is 11.8. The van der Waals surface area contributed by atoms with Crippen molar-refractivity contribution in [2.45, 2.75) is 26.7 Å². The number of anilines is 2. The summed E-state index contributed by atoms with van der Waals surface area (Å²) in [6, 6.07) is 1.81. The lowest BCUT2D eigenvalue weighted by Gasteiger charge is -2.32. The molecule has 0 bridgehead atoms. The van der Waals surface area contributed by atoms with Gasteiger partial charge < -0.3 is 15.5 Å². The normalized spacial score (nSPS) is 18.8. The molecule has 110 valence electrons. The minimum absolute atomic E-state index is 0.426. The van der Waals surface area contributed by atoms with E-state index in [2.05, 4.69) is 32.4 Å². The van der Waals surface area contributed by atoms with Gasteiger partial charge in [0.2, 0.25) is 5.95 Å². The van der Waals surface area contributed by atoms with Gasteiger partial charge in [-0.1, -0.05) is 18.5 Å². The summed E-state index contributed by atoms with van der Waals surface area (Å²) in [7, 11) is 0. The number of nitrogens with one attached hydrogen (secondary N) is 2. The number of hydrogen-bond donors (Lipinski definition) is 2. The third-order valence-electron chi connectivity index (χ3n) is 3.23. The molecule has 5 nitrogen and oxygen atoms in total. The van der Waals surface area contributed by atoms with Crippen molar-refractivity contribution in [2.75, 3.05) is 29.9 Å². The molecule has 0 unspecified atom stereocenters. The molecular weight excluding hydrogens is 294 g/mol. The average molecular weight is 314 g/mol. The van der Waals surface area contributed by atoms with Gasteiger partial charge in [-0.2, -0.15) is 4.98 Å². The first-order valence-corrected chi connectivity index (χ1v) is 7.71. The SMILES string of the molecule is CCNC(=S)Nc1nc(Cl)cc(N2CCC[C@H](C)C2)n1. The number of hydrogen-bond acceptors (Lipinski definition) is 4. The highest BCUT2D eigenvalue weighted by molar-refractivity contribution is 7.80. The Labute approximate surface area is 130 Å². The molecule has 2 rings (SSSR count). The van der Waals surface area contributed by atoms with Crippen LogP contribution in [0.5, 0.6) is 0 Å². The van der Waals surface area contributed by atoms with E-state index in [4.69, 9.17) is 23.8 Å².